The first-order valence-corrected chi connectivity index (χ1v) is 13.0. The van der Waals surface area contributed by atoms with E-state index >= 15 is 0 Å². The monoisotopic (exact) mass is 514 g/mol. The molecule has 196 valence electrons. The Morgan fingerprint density at radius 1 is 0.806 bits per heavy atom. The lowest BCUT2D eigenvalue weighted by Gasteiger charge is -2.26. The third kappa shape index (κ3) is 11.6. The fraction of sp³-hybridized carbons (Fsp3) is 0.464. The topological polar surface area (TPSA) is 93.7 Å². The highest BCUT2D eigenvalue weighted by Crippen LogP contribution is 2.24. The Morgan fingerprint density at radius 3 is 1.89 bits per heavy atom. The zero-order chi connectivity index (χ0) is 26.8. The summed E-state index contributed by atoms with van der Waals surface area (Å²) in [6.07, 6.45) is -0.463. The van der Waals surface area contributed by atoms with Crippen LogP contribution in [0.1, 0.15) is 52.7 Å². The van der Waals surface area contributed by atoms with Gasteiger partial charge in [0.25, 0.3) is 0 Å². The maximum absolute atomic E-state index is 13.4. The number of thioether (sulfide) groups is 1. The predicted molar refractivity (Wildman–Crippen MR) is 144 cm³/mol. The Hall–Kier alpha value is -3.00. The van der Waals surface area contributed by atoms with Crippen molar-refractivity contribution in [3.05, 3.63) is 71.8 Å². The average Bonchev–Trinajstić information content (AvgIpc) is 2.79. The first-order chi connectivity index (χ1) is 16.8. The Kier molecular flexibility index (Phi) is 10.8. The van der Waals surface area contributed by atoms with Gasteiger partial charge in [0, 0.05) is 16.9 Å². The van der Waals surface area contributed by atoms with E-state index in [1.807, 2.05) is 81.4 Å². The van der Waals surface area contributed by atoms with E-state index in [4.69, 9.17) is 9.47 Å². The third-order valence-electron chi connectivity index (χ3n) is 4.80. The van der Waals surface area contributed by atoms with Crippen LogP contribution in [0.3, 0.4) is 0 Å². The van der Waals surface area contributed by atoms with Crippen molar-refractivity contribution in [2.45, 2.75) is 77.0 Å². The standard InChI is InChI=1S/C28H38N2O5S/c1-27(2,3)35-26(33)30-22(17-20-13-9-7-10-14-20)24(31)29-23(19-36-28(4,5)6)25(32)34-18-21-15-11-8-12-16-21/h7-16,22-23H,17-19H2,1-6H3,(H,29,31)(H,30,33). The predicted octanol–water partition coefficient (Wildman–Crippen LogP) is 4.88. The molecule has 7 nitrogen and oxygen atoms in total. The molecule has 0 aromatic heterocycles. The lowest BCUT2D eigenvalue weighted by Crippen LogP contribution is -2.54. The minimum Gasteiger partial charge on any atom is -0.459 e. The van der Waals surface area contributed by atoms with Gasteiger partial charge in [-0.05, 0) is 31.9 Å². The van der Waals surface area contributed by atoms with Crippen molar-refractivity contribution in [3.8, 4) is 0 Å². The summed E-state index contributed by atoms with van der Waals surface area (Å²) in [7, 11) is 0. The van der Waals surface area contributed by atoms with E-state index in [1.54, 1.807) is 32.5 Å². The molecule has 0 spiro atoms. The maximum atomic E-state index is 13.4. The minimum absolute atomic E-state index is 0.107. The van der Waals surface area contributed by atoms with E-state index in [0.717, 1.165) is 11.1 Å². The molecule has 0 aliphatic rings. The van der Waals surface area contributed by atoms with Crippen LogP contribution in [0.15, 0.2) is 60.7 Å². The Bertz CT molecular complexity index is 984. The van der Waals surface area contributed by atoms with E-state index < -0.39 is 35.7 Å². The van der Waals surface area contributed by atoms with Gasteiger partial charge < -0.3 is 20.1 Å². The number of hydrogen-bond donors (Lipinski definition) is 2. The number of esters is 1. The fourth-order valence-corrected chi connectivity index (χ4v) is 4.00. The largest absolute Gasteiger partial charge is 0.459 e. The number of carbonyl (C=O) groups excluding carboxylic acids is 3. The zero-order valence-corrected chi connectivity index (χ0v) is 22.8. The minimum atomic E-state index is -0.939. The van der Waals surface area contributed by atoms with Gasteiger partial charge in [0.05, 0.1) is 0 Å². The highest BCUT2D eigenvalue weighted by molar-refractivity contribution is 8.00. The highest BCUT2D eigenvalue weighted by atomic mass is 32.2. The molecule has 2 unspecified atom stereocenters. The summed E-state index contributed by atoms with van der Waals surface area (Å²) in [4.78, 5) is 38.9. The molecule has 0 saturated carbocycles. The molecule has 2 rings (SSSR count). The van der Waals surface area contributed by atoms with Gasteiger partial charge in [-0.3, -0.25) is 4.79 Å². The average molecular weight is 515 g/mol. The quantitative estimate of drug-likeness (QED) is 0.439. The lowest BCUT2D eigenvalue weighted by molar-refractivity contribution is -0.148. The van der Waals surface area contributed by atoms with Crippen LogP contribution in [0.25, 0.3) is 0 Å². The molecule has 8 heteroatoms. The van der Waals surface area contributed by atoms with Crippen LogP contribution in [-0.2, 0) is 32.1 Å². The highest BCUT2D eigenvalue weighted by Gasteiger charge is 2.30. The Morgan fingerprint density at radius 2 is 1.36 bits per heavy atom. The van der Waals surface area contributed by atoms with E-state index in [9.17, 15) is 14.4 Å². The summed E-state index contributed by atoms with van der Waals surface area (Å²) >= 11 is 1.54. The Balaban J connectivity index is 2.17. The molecule has 2 aromatic carbocycles. The number of ether oxygens (including phenoxy) is 2. The van der Waals surface area contributed by atoms with Crippen molar-refractivity contribution in [3.63, 3.8) is 0 Å². The number of hydrogen-bond acceptors (Lipinski definition) is 6. The molecular formula is C28H38N2O5S. The first-order valence-electron chi connectivity index (χ1n) is 12.0. The summed E-state index contributed by atoms with van der Waals surface area (Å²) < 4.78 is 10.8. The van der Waals surface area contributed by atoms with Gasteiger partial charge in [0.15, 0.2) is 0 Å². The van der Waals surface area contributed by atoms with Gasteiger partial charge in [-0.2, -0.15) is 11.8 Å². The number of carbonyl (C=O) groups is 3. The molecule has 2 aromatic rings. The summed E-state index contributed by atoms with van der Waals surface area (Å²) in [5, 5.41) is 5.47. The molecule has 0 saturated heterocycles. The molecule has 0 bridgehead atoms. The van der Waals surface area contributed by atoms with Gasteiger partial charge in [-0.1, -0.05) is 81.4 Å². The summed E-state index contributed by atoms with van der Waals surface area (Å²) in [6.45, 7) is 11.5. The molecule has 2 atom stereocenters. The van der Waals surface area contributed by atoms with Crippen LogP contribution in [-0.4, -0.2) is 46.2 Å². The van der Waals surface area contributed by atoms with Gasteiger partial charge in [0.2, 0.25) is 5.91 Å². The maximum Gasteiger partial charge on any atom is 0.408 e. The second-order valence-corrected chi connectivity index (χ2v) is 12.3. The zero-order valence-electron chi connectivity index (χ0n) is 22.0. The van der Waals surface area contributed by atoms with Crippen LogP contribution >= 0.6 is 11.8 Å². The van der Waals surface area contributed by atoms with Gasteiger partial charge >= 0.3 is 12.1 Å². The molecule has 2 N–H and O–H groups in total. The van der Waals surface area contributed by atoms with Crippen LogP contribution in [0.2, 0.25) is 0 Å². The van der Waals surface area contributed by atoms with Crippen LogP contribution in [0, 0.1) is 0 Å². The molecule has 0 heterocycles. The van der Waals surface area contributed by atoms with Crippen LogP contribution < -0.4 is 10.6 Å². The molecular weight excluding hydrogens is 476 g/mol. The van der Waals surface area contributed by atoms with E-state index in [-0.39, 0.29) is 17.8 Å². The van der Waals surface area contributed by atoms with E-state index in [1.165, 1.54) is 0 Å². The lowest BCUT2D eigenvalue weighted by atomic mass is 10.1. The van der Waals surface area contributed by atoms with Crippen molar-refractivity contribution in [2.24, 2.45) is 0 Å². The van der Waals surface area contributed by atoms with Crippen molar-refractivity contribution < 1.29 is 23.9 Å². The van der Waals surface area contributed by atoms with Crippen molar-refractivity contribution in [2.75, 3.05) is 5.75 Å². The van der Waals surface area contributed by atoms with Crippen molar-refractivity contribution >= 4 is 29.7 Å². The smallest absolute Gasteiger partial charge is 0.408 e. The second-order valence-electron chi connectivity index (χ2n) is 10.5. The fourth-order valence-electron chi connectivity index (χ4n) is 3.11. The van der Waals surface area contributed by atoms with Crippen LogP contribution in [0.4, 0.5) is 4.79 Å². The molecule has 36 heavy (non-hydrogen) atoms. The summed E-state index contributed by atoms with van der Waals surface area (Å²) in [6, 6.07) is 16.9. The van der Waals surface area contributed by atoms with Gasteiger partial charge in [-0.25, -0.2) is 9.59 Å². The summed E-state index contributed by atoms with van der Waals surface area (Å²) in [5.74, 6) is -0.687. The molecule has 0 aliphatic carbocycles. The number of nitrogens with one attached hydrogen (secondary N) is 2. The Labute approximate surface area is 218 Å². The summed E-state index contributed by atoms with van der Waals surface area (Å²) in [5.41, 5.74) is 0.999. The van der Waals surface area contributed by atoms with Gasteiger partial charge in [0.1, 0.15) is 24.3 Å². The van der Waals surface area contributed by atoms with E-state index in [2.05, 4.69) is 10.6 Å². The first kappa shape index (κ1) is 29.2. The third-order valence-corrected chi connectivity index (χ3v) is 6.16. The molecule has 2 amide bonds. The number of alkyl carbamates (subject to hydrolysis) is 1. The van der Waals surface area contributed by atoms with Gasteiger partial charge in [-0.15, -0.1) is 0 Å². The van der Waals surface area contributed by atoms with E-state index in [0.29, 0.717) is 5.75 Å². The molecule has 0 radical (unpaired) electrons. The number of benzene rings is 2. The molecule has 0 fully saturated rings. The van der Waals surface area contributed by atoms with Crippen LogP contribution in [0.5, 0.6) is 0 Å². The van der Waals surface area contributed by atoms with Crippen molar-refractivity contribution in [1.82, 2.24) is 10.6 Å². The molecule has 0 aliphatic heterocycles. The number of rotatable bonds is 10. The second kappa shape index (κ2) is 13.3. The normalized spacial score (nSPS) is 13.3. The number of amides is 2. The SMILES string of the molecule is CC(C)(C)OC(=O)NC(Cc1ccccc1)C(=O)NC(CSC(C)(C)C)C(=O)OCc1ccccc1. The van der Waals surface area contributed by atoms with Crippen molar-refractivity contribution in [1.29, 1.82) is 0 Å².